The molecule has 0 saturated carbocycles. The maximum absolute atomic E-state index is 10.1. The number of aliphatic hydroxyl groups excluding tert-OH is 1. The zero-order valence-electron chi connectivity index (χ0n) is 10.3. The molecule has 0 aromatic carbocycles. The van der Waals surface area contributed by atoms with Gasteiger partial charge in [0.2, 0.25) is 0 Å². The number of unbranched alkanes of at least 4 members (excludes halogenated alkanes) is 2. The van der Waals surface area contributed by atoms with Gasteiger partial charge in [0.15, 0.2) is 0 Å². The van der Waals surface area contributed by atoms with E-state index in [9.17, 15) is 5.11 Å². The molecular weight excluding hydrogens is 186 g/mol. The molecule has 3 unspecified atom stereocenters. The van der Waals surface area contributed by atoms with Crippen molar-refractivity contribution in [1.29, 1.82) is 0 Å². The number of hydrogen-bond donors (Lipinski definition) is 2. The molecule has 90 valence electrons. The van der Waals surface area contributed by atoms with Crippen LogP contribution in [0, 0.1) is 5.92 Å². The minimum Gasteiger partial charge on any atom is -0.392 e. The number of piperidine rings is 1. The molecule has 1 heterocycles. The van der Waals surface area contributed by atoms with Gasteiger partial charge in [-0.25, -0.2) is 0 Å². The maximum atomic E-state index is 10.1. The predicted octanol–water partition coefficient (Wildman–Crippen LogP) is 2.71. The van der Waals surface area contributed by atoms with Crippen LogP contribution in [0.1, 0.15) is 58.8 Å². The van der Waals surface area contributed by atoms with Gasteiger partial charge in [0.05, 0.1) is 6.10 Å². The molecule has 0 aromatic heterocycles. The summed E-state index contributed by atoms with van der Waals surface area (Å²) in [7, 11) is 0. The lowest BCUT2D eigenvalue weighted by Crippen LogP contribution is -2.45. The summed E-state index contributed by atoms with van der Waals surface area (Å²) >= 11 is 0. The highest BCUT2D eigenvalue weighted by Gasteiger charge is 2.25. The number of nitrogens with one attached hydrogen (secondary N) is 1. The molecule has 2 heteroatoms. The molecule has 0 radical (unpaired) electrons. The van der Waals surface area contributed by atoms with E-state index in [0.717, 1.165) is 18.9 Å². The Balaban J connectivity index is 2.22. The van der Waals surface area contributed by atoms with Crippen LogP contribution >= 0.6 is 0 Å². The molecule has 1 saturated heterocycles. The maximum Gasteiger partial charge on any atom is 0.0693 e. The first-order chi connectivity index (χ1) is 7.27. The zero-order chi connectivity index (χ0) is 11.1. The number of aliphatic hydroxyl groups is 1. The van der Waals surface area contributed by atoms with Crippen LogP contribution in [0.15, 0.2) is 0 Å². The van der Waals surface area contributed by atoms with Gasteiger partial charge in [0.1, 0.15) is 0 Å². The van der Waals surface area contributed by atoms with Gasteiger partial charge in [-0.2, -0.15) is 0 Å². The molecule has 0 bridgehead atoms. The van der Waals surface area contributed by atoms with E-state index in [2.05, 4.69) is 19.2 Å². The molecular formula is C13H27NO. The Kier molecular flexibility index (Phi) is 6.26. The third-order valence-corrected chi connectivity index (χ3v) is 3.69. The molecule has 0 aliphatic carbocycles. The molecule has 3 atom stereocenters. The van der Waals surface area contributed by atoms with Crippen LogP contribution in [0.4, 0.5) is 0 Å². The molecule has 1 fully saturated rings. The van der Waals surface area contributed by atoms with E-state index >= 15 is 0 Å². The first-order valence-corrected chi connectivity index (χ1v) is 6.69. The van der Waals surface area contributed by atoms with E-state index in [1.165, 1.54) is 38.5 Å². The highest BCUT2D eigenvalue weighted by atomic mass is 16.3. The lowest BCUT2D eigenvalue weighted by molar-refractivity contribution is 0.0880. The Labute approximate surface area is 94.5 Å². The second kappa shape index (κ2) is 7.24. The van der Waals surface area contributed by atoms with E-state index in [1.54, 1.807) is 0 Å². The van der Waals surface area contributed by atoms with E-state index in [-0.39, 0.29) is 6.10 Å². The third kappa shape index (κ3) is 4.52. The van der Waals surface area contributed by atoms with Gasteiger partial charge < -0.3 is 10.4 Å². The van der Waals surface area contributed by atoms with Crippen molar-refractivity contribution in [3.8, 4) is 0 Å². The summed E-state index contributed by atoms with van der Waals surface area (Å²) in [4.78, 5) is 0. The van der Waals surface area contributed by atoms with Crippen LogP contribution < -0.4 is 5.32 Å². The van der Waals surface area contributed by atoms with Gasteiger partial charge in [-0.3, -0.25) is 0 Å². The molecule has 0 spiro atoms. The fourth-order valence-electron chi connectivity index (χ4n) is 2.50. The monoisotopic (exact) mass is 213 g/mol. The van der Waals surface area contributed by atoms with Crippen molar-refractivity contribution in [3.05, 3.63) is 0 Å². The van der Waals surface area contributed by atoms with Crippen LogP contribution in [0.3, 0.4) is 0 Å². The van der Waals surface area contributed by atoms with E-state index in [1.807, 2.05) is 0 Å². The van der Waals surface area contributed by atoms with Crippen LogP contribution in [0.5, 0.6) is 0 Å². The molecule has 1 aliphatic rings. The Bertz CT molecular complexity index is 161. The molecule has 2 nitrogen and oxygen atoms in total. The average Bonchev–Trinajstić information content (AvgIpc) is 2.29. The SMILES string of the molecule is CCCCCC(O)C1CC(CC)CCN1. The third-order valence-electron chi connectivity index (χ3n) is 3.69. The van der Waals surface area contributed by atoms with Crippen molar-refractivity contribution in [3.63, 3.8) is 0 Å². The van der Waals surface area contributed by atoms with Crippen molar-refractivity contribution < 1.29 is 5.11 Å². The first kappa shape index (κ1) is 13.0. The summed E-state index contributed by atoms with van der Waals surface area (Å²) in [5.74, 6) is 0.831. The fraction of sp³-hybridized carbons (Fsp3) is 1.00. The Morgan fingerprint density at radius 3 is 2.80 bits per heavy atom. The van der Waals surface area contributed by atoms with Gasteiger partial charge in [0, 0.05) is 6.04 Å². The molecule has 15 heavy (non-hydrogen) atoms. The highest BCUT2D eigenvalue weighted by Crippen LogP contribution is 2.22. The molecule has 2 N–H and O–H groups in total. The summed E-state index contributed by atoms with van der Waals surface area (Å²) in [6.07, 6.45) is 8.24. The summed E-state index contributed by atoms with van der Waals surface area (Å²) in [5, 5.41) is 13.5. The minimum atomic E-state index is -0.120. The van der Waals surface area contributed by atoms with Crippen molar-refractivity contribution in [2.24, 2.45) is 5.92 Å². The van der Waals surface area contributed by atoms with Gasteiger partial charge in [0.25, 0.3) is 0 Å². The van der Waals surface area contributed by atoms with E-state index in [0.29, 0.717) is 6.04 Å². The van der Waals surface area contributed by atoms with Gasteiger partial charge in [-0.15, -0.1) is 0 Å². The van der Waals surface area contributed by atoms with Crippen molar-refractivity contribution in [1.82, 2.24) is 5.32 Å². The summed E-state index contributed by atoms with van der Waals surface area (Å²) in [6, 6.07) is 0.362. The minimum absolute atomic E-state index is 0.120. The second-order valence-corrected chi connectivity index (χ2v) is 4.92. The Hall–Kier alpha value is -0.0800. The smallest absolute Gasteiger partial charge is 0.0693 e. The van der Waals surface area contributed by atoms with Crippen LogP contribution in [0.25, 0.3) is 0 Å². The number of rotatable bonds is 6. The Morgan fingerprint density at radius 1 is 1.33 bits per heavy atom. The topological polar surface area (TPSA) is 32.3 Å². The van der Waals surface area contributed by atoms with E-state index in [4.69, 9.17) is 0 Å². The molecule has 1 rings (SSSR count). The first-order valence-electron chi connectivity index (χ1n) is 6.69. The highest BCUT2D eigenvalue weighted by molar-refractivity contribution is 4.83. The second-order valence-electron chi connectivity index (χ2n) is 4.92. The average molecular weight is 213 g/mol. The fourth-order valence-corrected chi connectivity index (χ4v) is 2.50. The zero-order valence-corrected chi connectivity index (χ0v) is 10.3. The van der Waals surface area contributed by atoms with Crippen LogP contribution in [0.2, 0.25) is 0 Å². The predicted molar refractivity (Wildman–Crippen MR) is 65.0 cm³/mol. The summed E-state index contributed by atoms with van der Waals surface area (Å²) < 4.78 is 0. The standard InChI is InChI=1S/C13H27NO/c1-3-5-6-7-13(15)12-10-11(4-2)8-9-14-12/h11-15H,3-10H2,1-2H3. The number of hydrogen-bond acceptors (Lipinski definition) is 2. The quantitative estimate of drug-likeness (QED) is 0.665. The van der Waals surface area contributed by atoms with Crippen LogP contribution in [-0.4, -0.2) is 23.8 Å². The van der Waals surface area contributed by atoms with Crippen molar-refractivity contribution in [2.75, 3.05) is 6.54 Å². The summed E-state index contributed by atoms with van der Waals surface area (Å²) in [6.45, 7) is 5.56. The molecule has 0 amide bonds. The molecule has 1 aliphatic heterocycles. The van der Waals surface area contributed by atoms with Gasteiger partial charge in [-0.1, -0.05) is 39.5 Å². The molecule has 0 aromatic rings. The van der Waals surface area contributed by atoms with E-state index < -0.39 is 0 Å². The summed E-state index contributed by atoms with van der Waals surface area (Å²) in [5.41, 5.74) is 0. The largest absolute Gasteiger partial charge is 0.392 e. The Morgan fingerprint density at radius 2 is 2.13 bits per heavy atom. The lowest BCUT2D eigenvalue weighted by atomic mass is 9.87. The van der Waals surface area contributed by atoms with Crippen LogP contribution in [-0.2, 0) is 0 Å². The van der Waals surface area contributed by atoms with Gasteiger partial charge >= 0.3 is 0 Å². The van der Waals surface area contributed by atoms with Gasteiger partial charge in [-0.05, 0) is 31.7 Å². The van der Waals surface area contributed by atoms with Crippen molar-refractivity contribution in [2.45, 2.75) is 70.9 Å². The normalized spacial score (nSPS) is 29.0. The van der Waals surface area contributed by atoms with Crippen molar-refractivity contribution >= 4 is 0 Å². The lowest BCUT2D eigenvalue weighted by Gasteiger charge is -2.33.